The van der Waals surface area contributed by atoms with Crippen molar-refractivity contribution in [3.05, 3.63) is 15.9 Å². The van der Waals surface area contributed by atoms with Crippen molar-refractivity contribution < 1.29 is 19.4 Å². The predicted molar refractivity (Wildman–Crippen MR) is 77.3 cm³/mol. The summed E-state index contributed by atoms with van der Waals surface area (Å²) in [6.45, 7) is 1.04. The normalized spacial score (nSPS) is 24.7. The minimum atomic E-state index is -0.850. The van der Waals surface area contributed by atoms with Gasteiger partial charge in [-0.2, -0.15) is 4.98 Å². The van der Waals surface area contributed by atoms with Crippen molar-refractivity contribution in [2.45, 2.75) is 31.8 Å². The first-order valence-electron chi connectivity index (χ1n) is 6.56. The number of ether oxygens (including phenoxy) is 2. The molecule has 2 aromatic heterocycles. The Kier molecular flexibility index (Phi) is 3.81. The molecule has 0 aromatic carbocycles. The molecule has 1 fully saturated rings. The van der Waals surface area contributed by atoms with E-state index in [2.05, 4.69) is 9.97 Å². The van der Waals surface area contributed by atoms with E-state index in [-0.39, 0.29) is 17.4 Å². The summed E-state index contributed by atoms with van der Waals surface area (Å²) in [4.78, 5) is 31.1. The second kappa shape index (κ2) is 5.63. The summed E-state index contributed by atoms with van der Waals surface area (Å²) >= 11 is 0.948. The highest BCUT2D eigenvalue weighted by molar-refractivity contribution is 7.16. The van der Waals surface area contributed by atoms with Crippen LogP contribution in [-0.4, -0.2) is 44.4 Å². The Bertz CT molecular complexity index is 772. The van der Waals surface area contributed by atoms with Crippen molar-refractivity contribution in [3.63, 3.8) is 0 Å². The molecule has 0 radical (unpaired) electrons. The smallest absolute Gasteiger partial charge is 0.311 e. The number of aromatic nitrogens is 3. The molecular weight excluding hydrogens is 312 g/mol. The van der Waals surface area contributed by atoms with Gasteiger partial charge in [0.2, 0.25) is 5.95 Å². The summed E-state index contributed by atoms with van der Waals surface area (Å²) in [6, 6.07) is 0. The number of hydrogen-bond acceptors (Lipinski definition) is 9. The SMILES string of the molecule is CC(=O)O[C@@H]1C[C@@H](CO)OC1n1c(=O)sc2cnc(N)nc21. The minimum Gasteiger partial charge on any atom is -0.458 e. The van der Waals surface area contributed by atoms with Gasteiger partial charge in [0.1, 0.15) is 6.10 Å². The van der Waals surface area contributed by atoms with Gasteiger partial charge in [0.25, 0.3) is 0 Å². The monoisotopic (exact) mass is 326 g/mol. The van der Waals surface area contributed by atoms with Crippen molar-refractivity contribution in [1.29, 1.82) is 0 Å². The zero-order valence-electron chi connectivity index (χ0n) is 11.6. The van der Waals surface area contributed by atoms with E-state index in [0.29, 0.717) is 16.8 Å². The van der Waals surface area contributed by atoms with Crippen LogP contribution in [0.2, 0.25) is 0 Å². The van der Waals surface area contributed by atoms with Crippen LogP contribution in [0.3, 0.4) is 0 Å². The van der Waals surface area contributed by atoms with E-state index in [0.717, 1.165) is 11.3 Å². The molecule has 0 amide bonds. The molecule has 1 aliphatic heterocycles. The topological polar surface area (TPSA) is 130 Å². The molecule has 0 spiro atoms. The third kappa shape index (κ3) is 2.56. The Balaban J connectivity index is 2.08. The maximum absolute atomic E-state index is 12.3. The standard InChI is InChI=1S/C12H14N4O5S/c1-5(18)20-7-2-6(4-17)21-10(7)16-9-8(22-12(16)19)3-14-11(13)15-9/h3,6-7,10,17H,2,4H2,1H3,(H2,13,14,15)/t6-,7+,10?/m0/s1. The molecule has 3 atom stereocenters. The lowest BCUT2D eigenvalue weighted by Gasteiger charge is -2.19. The number of rotatable bonds is 3. The van der Waals surface area contributed by atoms with E-state index in [9.17, 15) is 14.7 Å². The molecule has 3 N–H and O–H groups in total. The maximum atomic E-state index is 12.3. The summed E-state index contributed by atoms with van der Waals surface area (Å²) in [7, 11) is 0. The number of anilines is 1. The molecular formula is C12H14N4O5S. The Morgan fingerprint density at radius 2 is 2.45 bits per heavy atom. The highest BCUT2D eigenvalue weighted by Crippen LogP contribution is 2.33. The summed E-state index contributed by atoms with van der Waals surface area (Å²) in [6.07, 6.45) is -0.293. The quantitative estimate of drug-likeness (QED) is 0.732. The van der Waals surface area contributed by atoms with E-state index in [1.165, 1.54) is 17.7 Å². The van der Waals surface area contributed by atoms with Gasteiger partial charge in [-0.25, -0.2) is 4.98 Å². The summed E-state index contributed by atoms with van der Waals surface area (Å²) in [5.74, 6) is -0.460. The van der Waals surface area contributed by atoms with Crippen molar-refractivity contribution in [1.82, 2.24) is 14.5 Å². The highest BCUT2D eigenvalue weighted by atomic mass is 32.1. The molecule has 0 saturated carbocycles. The first-order chi connectivity index (χ1) is 10.5. The third-order valence-corrected chi connectivity index (χ3v) is 4.18. The average Bonchev–Trinajstić information content (AvgIpc) is 2.98. The maximum Gasteiger partial charge on any atom is 0.311 e. The number of nitrogens with zero attached hydrogens (tertiary/aromatic N) is 3. The Hall–Kier alpha value is -2.04. The lowest BCUT2D eigenvalue weighted by atomic mass is 10.2. The van der Waals surface area contributed by atoms with Gasteiger partial charge in [-0.3, -0.25) is 14.2 Å². The van der Waals surface area contributed by atoms with Gasteiger partial charge in [-0.1, -0.05) is 11.3 Å². The van der Waals surface area contributed by atoms with Crippen LogP contribution in [0.15, 0.2) is 11.0 Å². The van der Waals surface area contributed by atoms with Gasteiger partial charge in [-0.05, 0) is 0 Å². The zero-order valence-corrected chi connectivity index (χ0v) is 12.4. The molecule has 1 aliphatic rings. The van der Waals surface area contributed by atoms with Crippen molar-refractivity contribution >= 4 is 33.6 Å². The number of thiazole rings is 1. The zero-order chi connectivity index (χ0) is 15.9. The summed E-state index contributed by atoms with van der Waals surface area (Å²) in [5.41, 5.74) is 5.89. The van der Waals surface area contributed by atoms with E-state index >= 15 is 0 Å². The molecule has 1 unspecified atom stereocenters. The molecule has 3 heterocycles. The number of hydrogen-bond donors (Lipinski definition) is 2. The van der Waals surface area contributed by atoms with Gasteiger partial charge >= 0.3 is 10.8 Å². The number of aliphatic hydroxyl groups is 1. The van der Waals surface area contributed by atoms with E-state index in [1.807, 2.05) is 0 Å². The first-order valence-corrected chi connectivity index (χ1v) is 7.38. The fraction of sp³-hybridized carbons (Fsp3) is 0.500. The molecule has 22 heavy (non-hydrogen) atoms. The van der Waals surface area contributed by atoms with Gasteiger partial charge in [0.15, 0.2) is 11.9 Å². The fourth-order valence-corrected chi connectivity index (χ4v) is 3.27. The Morgan fingerprint density at radius 3 is 3.14 bits per heavy atom. The Morgan fingerprint density at radius 1 is 1.68 bits per heavy atom. The van der Waals surface area contributed by atoms with Crippen LogP contribution in [-0.2, 0) is 14.3 Å². The van der Waals surface area contributed by atoms with Crippen LogP contribution in [0, 0.1) is 0 Å². The highest BCUT2D eigenvalue weighted by Gasteiger charge is 2.40. The van der Waals surface area contributed by atoms with E-state index in [1.54, 1.807) is 0 Å². The molecule has 0 aliphatic carbocycles. The van der Waals surface area contributed by atoms with Gasteiger partial charge < -0.3 is 20.3 Å². The third-order valence-electron chi connectivity index (χ3n) is 3.30. The molecule has 118 valence electrons. The number of nitrogen functional groups attached to an aromatic ring is 1. The number of carbonyl (C=O) groups excluding carboxylic acids is 1. The minimum absolute atomic E-state index is 0.0276. The van der Waals surface area contributed by atoms with E-state index in [4.69, 9.17) is 15.2 Å². The van der Waals surface area contributed by atoms with Crippen LogP contribution in [0.1, 0.15) is 19.6 Å². The van der Waals surface area contributed by atoms with E-state index < -0.39 is 24.4 Å². The largest absolute Gasteiger partial charge is 0.458 e. The van der Waals surface area contributed by atoms with Crippen molar-refractivity contribution in [3.8, 4) is 0 Å². The first kappa shape index (κ1) is 14.9. The van der Waals surface area contributed by atoms with Crippen LogP contribution in [0.5, 0.6) is 0 Å². The lowest BCUT2D eigenvalue weighted by Crippen LogP contribution is -2.30. The Labute approximate surface area is 128 Å². The summed E-state index contributed by atoms with van der Waals surface area (Å²) in [5, 5.41) is 9.26. The van der Waals surface area contributed by atoms with Crippen molar-refractivity contribution in [2.24, 2.45) is 0 Å². The molecule has 1 saturated heterocycles. The number of aliphatic hydroxyl groups excluding tert-OH is 1. The van der Waals surface area contributed by atoms with Crippen LogP contribution >= 0.6 is 11.3 Å². The molecule has 0 bridgehead atoms. The number of esters is 1. The number of carbonyl (C=O) groups is 1. The lowest BCUT2D eigenvalue weighted by molar-refractivity contribution is -0.152. The second-order valence-electron chi connectivity index (χ2n) is 4.87. The molecule has 9 nitrogen and oxygen atoms in total. The van der Waals surface area contributed by atoms with Gasteiger partial charge in [-0.15, -0.1) is 0 Å². The van der Waals surface area contributed by atoms with Gasteiger partial charge in [0.05, 0.1) is 23.6 Å². The van der Waals surface area contributed by atoms with Crippen LogP contribution < -0.4 is 10.6 Å². The van der Waals surface area contributed by atoms with Crippen LogP contribution in [0.4, 0.5) is 5.95 Å². The summed E-state index contributed by atoms with van der Waals surface area (Å²) < 4.78 is 12.7. The number of fused-ring (bicyclic) bond motifs is 1. The molecule has 3 rings (SSSR count). The van der Waals surface area contributed by atoms with Crippen molar-refractivity contribution in [2.75, 3.05) is 12.3 Å². The average molecular weight is 326 g/mol. The van der Waals surface area contributed by atoms with Gasteiger partial charge in [0, 0.05) is 13.3 Å². The molecule has 2 aromatic rings. The fourth-order valence-electron chi connectivity index (χ4n) is 2.45. The predicted octanol–water partition coefficient (Wildman–Crippen LogP) is -0.353. The number of nitrogens with two attached hydrogens (primary N) is 1. The molecule has 10 heteroatoms. The van der Waals surface area contributed by atoms with Crippen LogP contribution in [0.25, 0.3) is 10.3 Å². The second-order valence-corrected chi connectivity index (χ2v) is 5.86.